The maximum Gasteiger partial charge on any atom is 0.342 e. The van der Waals surface area contributed by atoms with Crippen LogP contribution in [0.25, 0.3) is 17.1 Å². The molecule has 0 saturated heterocycles. The Morgan fingerprint density at radius 1 is 1.20 bits per heavy atom. The molecular formula is C21H17N5O4. The number of hydrogen-bond donors (Lipinski definition) is 2. The molecule has 0 bridgehead atoms. The molecule has 2 N–H and O–H groups in total. The molecular weight excluding hydrogens is 386 g/mol. The van der Waals surface area contributed by atoms with Crippen LogP contribution < -0.4 is 10.3 Å². The number of H-pyrrole nitrogens is 1. The molecule has 2 aromatic heterocycles. The van der Waals surface area contributed by atoms with Gasteiger partial charge in [-0.2, -0.15) is 0 Å². The summed E-state index contributed by atoms with van der Waals surface area (Å²) in [6, 6.07) is 13.2. The summed E-state index contributed by atoms with van der Waals surface area (Å²) in [6.45, 7) is 2.39. The lowest BCUT2D eigenvalue weighted by atomic mass is 10.1. The highest BCUT2D eigenvalue weighted by molar-refractivity contribution is 5.86. The predicted octanol–water partition coefficient (Wildman–Crippen LogP) is 2.60. The fourth-order valence-corrected chi connectivity index (χ4v) is 2.84. The maximum atomic E-state index is 12.0. The van der Waals surface area contributed by atoms with Gasteiger partial charge in [0.15, 0.2) is 0 Å². The largest absolute Gasteiger partial charge is 0.487 e. The van der Waals surface area contributed by atoms with Crippen molar-refractivity contribution in [1.29, 1.82) is 0 Å². The molecule has 150 valence electrons. The zero-order chi connectivity index (χ0) is 21.1. The number of nitrogens with zero attached hydrogens (tertiary/aromatic N) is 4. The molecule has 30 heavy (non-hydrogen) atoms. The Labute approximate surface area is 170 Å². The van der Waals surface area contributed by atoms with Gasteiger partial charge in [0.1, 0.15) is 29.4 Å². The summed E-state index contributed by atoms with van der Waals surface area (Å²) < 4.78 is 7.53. The van der Waals surface area contributed by atoms with Crippen LogP contribution in [0.15, 0.2) is 65.8 Å². The van der Waals surface area contributed by atoms with Gasteiger partial charge in [0.05, 0.1) is 12.4 Å². The van der Waals surface area contributed by atoms with E-state index in [0.717, 1.165) is 11.8 Å². The Morgan fingerprint density at radius 2 is 2.00 bits per heavy atom. The van der Waals surface area contributed by atoms with Crippen LogP contribution in [0.3, 0.4) is 0 Å². The molecule has 0 saturated carbocycles. The van der Waals surface area contributed by atoms with E-state index in [1.165, 1.54) is 16.4 Å². The Bertz CT molecular complexity index is 1250. The van der Waals surface area contributed by atoms with Gasteiger partial charge in [0.25, 0.3) is 5.56 Å². The summed E-state index contributed by atoms with van der Waals surface area (Å²) in [5.74, 6) is -0.538. The number of carboxylic acid groups (broad SMARTS) is 1. The summed E-state index contributed by atoms with van der Waals surface area (Å²) in [6.07, 6.45) is 4.24. The first kappa shape index (κ1) is 19.1. The van der Waals surface area contributed by atoms with Crippen molar-refractivity contribution in [3.63, 3.8) is 0 Å². The summed E-state index contributed by atoms with van der Waals surface area (Å²) in [5.41, 5.74) is 2.20. The molecule has 0 fully saturated rings. The Morgan fingerprint density at radius 3 is 2.67 bits per heavy atom. The molecule has 0 spiro atoms. The van der Waals surface area contributed by atoms with Crippen LogP contribution in [0.2, 0.25) is 0 Å². The Kier molecular flexibility index (Phi) is 5.08. The number of aryl methyl sites for hydroxylation is 1. The van der Waals surface area contributed by atoms with Crippen molar-refractivity contribution in [2.45, 2.75) is 13.5 Å². The van der Waals surface area contributed by atoms with E-state index in [9.17, 15) is 9.59 Å². The molecule has 9 heteroatoms. The first-order valence-electron chi connectivity index (χ1n) is 9.03. The number of carboxylic acids is 1. The number of nitrogens with one attached hydrogen (secondary N) is 1. The molecule has 0 aliphatic heterocycles. The quantitative estimate of drug-likeness (QED) is 0.507. The minimum atomic E-state index is -1.33. The monoisotopic (exact) mass is 403 g/mol. The third-order valence-electron chi connectivity index (χ3n) is 4.45. The van der Waals surface area contributed by atoms with Gasteiger partial charge in [-0.15, -0.1) is 5.10 Å². The van der Waals surface area contributed by atoms with E-state index in [2.05, 4.69) is 20.3 Å². The molecule has 0 radical (unpaired) electrons. The van der Waals surface area contributed by atoms with Crippen LogP contribution in [0.4, 0.5) is 0 Å². The predicted molar refractivity (Wildman–Crippen MR) is 108 cm³/mol. The zero-order valence-electron chi connectivity index (χ0n) is 15.9. The van der Waals surface area contributed by atoms with Crippen molar-refractivity contribution in [1.82, 2.24) is 25.0 Å². The number of hydrogen-bond acceptors (Lipinski definition) is 6. The normalized spacial score (nSPS) is 10.7. The van der Waals surface area contributed by atoms with E-state index < -0.39 is 17.1 Å². The minimum Gasteiger partial charge on any atom is -0.487 e. The molecule has 0 atom stereocenters. The Hall–Kier alpha value is -4.27. The van der Waals surface area contributed by atoms with Gasteiger partial charge in [0.2, 0.25) is 0 Å². The van der Waals surface area contributed by atoms with Gasteiger partial charge in [0, 0.05) is 11.8 Å². The fraction of sp³-hybridized carbons (Fsp3) is 0.0952. The minimum absolute atomic E-state index is 0.233. The zero-order valence-corrected chi connectivity index (χ0v) is 15.9. The van der Waals surface area contributed by atoms with E-state index in [1.807, 2.05) is 31.2 Å². The van der Waals surface area contributed by atoms with Crippen molar-refractivity contribution in [2.75, 3.05) is 0 Å². The lowest BCUT2D eigenvalue weighted by Gasteiger charge is -2.13. The van der Waals surface area contributed by atoms with Crippen LogP contribution >= 0.6 is 0 Å². The van der Waals surface area contributed by atoms with Gasteiger partial charge in [-0.3, -0.25) is 4.79 Å². The molecule has 4 rings (SSSR count). The average Bonchev–Trinajstić information content (AvgIpc) is 3.28. The van der Waals surface area contributed by atoms with Crippen LogP contribution in [-0.4, -0.2) is 36.0 Å². The van der Waals surface area contributed by atoms with E-state index >= 15 is 0 Å². The first-order chi connectivity index (χ1) is 14.5. The van der Waals surface area contributed by atoms with Crippen molar-refractivity contribution in [2.24, 2.45) is 0 Å². The highest BCUT2D eigenvalue weighted by atomic mass is 16.5. The number of aromatic carboxylic acids is 1. The highest BCUT2D eigenvalue weighted by Gasteiger charge is 2.14. The summed E-state index contributed by atoms with van der Waals surface area (Å²) in [4.78, 5) is 29.6. The van der Waals surface area contributed by atoms with Crippen molar-refractivity contribution < 1.29 is 14.6 Å². The lowest BCUT2D eigenvalue weighted by molar-refractivity contribution is 0.0694. The third-order valence-corrected chi connectivity index (χ3v) is 4.45. The van der Waals surface area contributed by atoms with Gasteiger partial charge < -0.3 is 14.8 Å². The van der Waals surface area contributed by atoms with Gasteiger partial charge in [-0.25, -0.2) is 14.5 Å². The molecule has 2 aromatic carbocycles. The van der Waals surface area contributed by atoms with E-state index in [0.29, 0.717) is 23.6 Å². The van der Waals surface area contributed by atoms with Gasteiger partial charge in [-0.1, -0.05) is 35.0 Å². The molecule has 9 nitrogen and oxygen atoms in total. The maximum absolute atomic E-state index is 12.0. The second-order valence-electron chi connectivity index (χ2n) is 6.58. The second kappa shape index (κ2) is 8.00. The fourth-order valence-electron chi connectivity index (χ4n) is 2.84. The van der Waals surface area contributed by atoms with Gasteiger partial charge >= 0.3 is 5.97 Å². The van der Waals surface area contributed by atoms with E-state index in [1.54, 1.807) is 24.4 Å². The van der Waals surface area contributed by atoms with Crippen LogP contribution in [0.5, 0.6) is 5.75 Å². The molecule has 0 amide bonds. The van der Waals surface area contributed by atoms with Gasteiger partial charge in [-0.05, 0) is 30.7 Å². The molecule has 4 aromatic rings. The first-order valence-corrected chi connectivity index (χ1v) is 9.03. The third kappa shape index (κ3) is 3.95. The van der Waals surface area contributed by atoms with Crippen molar-refractivity contribution in [3.05, 3.63) is 88.1 Å². The van der Waals surface area contributed by atoms with Crippen LogP contribution in [-0.2, 0) is 6.61 Å². The number of aromatic amines is 1. The highest BCUT2D eigenvalue weighted by Crippen LogP contribution is 2.28. The summed E-state index contributed by atoms with van der Waals surface area (Å²) >= 11 is 0. The molecule has 0 aliphatic carbocycles. The van der Waals surface area contributed by atoms with Crippen LogP contribution in [0, 0.1) is 6.92 Å². The number of aromatic nitrogens is 5. The average molecular weight is 403 g/mol. The lowest BCUT2D eigenvalue weighted by Crippen LogP contribution is -2.18. The standard InChI is InChI=1S/C21H17N5O4/c1-13-2-4-14(5-3-13)12-30-18-7-6-15(10-17(18)26-9-8-23-25-26)19-22-11-16(21(28)29)20(27)24-19/h2-11H,12H2,1H3,(H,28,29)(H,22,24,27). The van der Waals surface area contributed by atoms with Crippen molar-refractivity contribution in [3.8, 4) is 22.8 Å². The molecule has 2 heterocycles. The second-order valence-corrected chi connectivity index (χ2v) is 6.58. The van der Waals surface area contributed by atoms with Crippen molar-refractivity contribution >= 4 is 5.97 Å². The number of benzene rings is 2. The summed E-state index contributed by atoms with van der Waals surface area (Å²) in [5, 5.41) is 16.9. The smallest absolute Gasteiger partial charge is 0.342 e. The number of ether oxygens (including phenoxy) is 1. The number of carbonyl (C=O) groups is 1. The van der Waals surface area contributed by atoms with E-state index in [-0.39, 0.29) is 5.82 Å². The topological polar surface area (TPSA) is 123 Å². The molecule has 0 unspecified atom stereocenters. The Balaban J connectivity index is 1.69. The molecule has 0 aliphatic rings. The summed E-state index contributed by atoms with van der Waals surface area (Å²) in [7, 11) is 0. The van der Waals surface area contributed by atoms with E-state index in [4.69, 9.17) is 9.84 Å². The number of rotatable bonds is 6. The van der Waals surface area contributed by atoms with Crippen LogP contribution in [0.1, 0.15) is 21.5 Å². The SMILES string of the molecule is Cc1ccc(COc2ccc(-c3ncc(C(=O)O)c(=O)[nH]3)cc2-n2ccnn2)cc1.